The number of rotatable bonds is 3. The number of nitrogens with two attached hydrogens (primary N) is 1. The number of hydrogen-bond acceptors (Lipinski definition) is 5. The summed E-state index contributed by atoms with van der Waals surface area (Å²) in [5, 5.41) is 14.7. The van der Waals surface area contributed by atoms with Crippen molar-refractivity contribution in [1.29, 1.82) is 0 Å². The van der Waals surface area contributed by atoms with Crippen LogP contribution in [0.2, 0.25) is 0 Å². The van der Waals surface area contributed by atoms with Crippen LogP contribution in [0.25, 0.3) is 10.8 Å². The van der Waals surface area contributed by atoms with Crippen LogP contribution in [0.3, 0.4) is 0 Å². The Labute approximate surface area is 126 Å². The van der Waals surface area contributed by atoms with Gasteiger partial charge in [0.25, 0.3) is 5.91 Å². The summed E-state index contributed by atoms with van der Waals surface area (Å²) in [6, 6.07) is 8.27. The van der Waals surface area contributed by atoms with Gasteiger partial charge < -0.3 is 10.6 Å². The van der Waals surface area contributed by atoms with Gasteiger partial charge in [0.2, 0.25) is 0 Å². The van der Waals surface area contributed by atoms with Crippen LogP contribution in [0, 0.1) is 0 Å². The van der Waals surface area contributed by atoms with Crippen LogP contribution in [0.4, 0.5) is 5.82 Å². The molecule has 0 atom stereocenters. The van der Waals surface area contributed by atoms with Gasteiger partial charge in [0, 0.05) is 30.1 Å². The third-order valence-electron chi connectivity index (χ3n) is 3.97. The van der Waals surface area contributed by atoms with E-state index in [9.17, 15) is 4.79 Å². The highest BCUT2D eigenvalue weighted by Crippen LogP contribution is 2.30. The molecule has 1 aliphatic heterocycles. The van der Waals surface area contributed by atoms with Crippen molar-refractivity contribution in [2.75, 3.05) is 18.0 Å². The number of hydrogen-bond donors (Lipinski definition) is 1. The fourth-order valence-corrected chi connectivity index (χ4v) is 2.71. The molecule has 0 spiro atoms. The van der Waals surface area contributed by atoms with Crippen molar-refractivity contribution in [1.82, 2.24) is 20.0 Å². The number of anilines is 1. The molecule has 4 rings (SSSR count). The molecule has 1 aromatic carbocycles. The third kappa shape index (κ3) is 1.98. The van der Waals surface area contributed by atoms with Gasteiger partial charge in [-0.2, -0.15) is 10.2 Å². The van der Waals surface area contributed by atoms with Crippen LogP contribution in [-0.2, 0) is 0 Å². The molecule has 7 heteroatoms. The van der Waals surface area contributed by atoms with E-state index < -0.39 is 5.91 Å². The molecule has 1 saturated heterocycles. The molecule has 7 nitrogen and oxygen atoms in total. The smallest absolute Gasteiger partial charge is 0.251 e. The minimum absolute atomic E-state index is 0.217. The van der Waals surface area contributed by atoms with Crippen LogP contribution < -0.4 is 10.6 Å². The number of benzene rings is 1. The van der Waals surface area contributed by atoms with Crippen LogP contribution in [0.1, 0.15) is 16.4 Å². The van der Waals surface area contributed by atoms with Crippen molar-refractivity contribution in [3.05, 3.63) is 48.4 Å². The number of carbonyl (C=O) groups is 1. The summed E-state index contributed by atoms with van der Waals surface area (Å²) in [7, 11) is 0. The molecule has 0 bridgehead atoms. The molecule has 1 aliphatic rings. The lowest BCUT2D eigenvalue weighted by Crippen LogP contribution is -2.48. The van der Waals surface area contributed by atoms with E-state index in [1.165, 1.54) is 6.20 Å². The first-order valence-corrected chi connectivity index (χ1v) is 7.02. The fourth-order valence-electron chi connectivity index (χ4n) is 2.71. The average Bonchev–Trinajstić information content (AvgIpc) is 2.96. The predicted molar refractivity (Wildman–Crippen MR) is 81.5 cm³/mol. The van der Waals surface area contributed by atoms with Gasteiger partial charge in [-0.25, -0.2) is 0 Å². The fraction of sp³-hybridized carbons (Fsp3) is 0.200. The molecule has 110 valence electrons. The first-order valence-electron chi connectivity index (χ1n) is 7.02. The number of aromatic nitrogens is 4. The standard InChI is InChI=1S/C15H14N6O/c16-14(22)11-6-18-21(7-11)12-8-20(9-12)15-13-4-2-1-3-10(13)5-17-19-15/h1-7,12H,8-9H2,(H2,16,22). The van der Waals surface area contributed by atoms with Crippen LogP contribution in [0.15, 0.2) is 42.9 Å². The maximum atomic E-state index is 11.1. The lowest BCUT2D eigenvalue weighted by molar-refractivity contribution is 0.1000. The zero-order valence-electron chi connectivity index (χ0n) is 11.8. The number of carbonyl (C=O) groups excluding carboxylic acids is 1. The highest BCUT2D eigenvalue weighted by atomic mass is 16.1. The molecule has 2 aromatic heterocycles. The number of primary amides is 1. The minimum Gasteiger partial charge on any atom is -0.366 e. The Kier molecular flexibility index (Phi) is 2.78. The summed E-state index contributed by atoms with van der Waals surface area (Å²) in [5.41, 5.74) is 5.68. The largest absolute Gasteiger partial charge is 0.366 e. The Morgan fingerprint density at radius 3 is 2.82 bits per heavy atom. The van der Waals surface area contributed by atoms with Gasteiger partial charge in [0.15, 0.2) is 5.82 Å². The molecule has 0 unspecified atom stereocenters. The summed E-state index contributed by atoms with van der Waals surface area (Å²) in [6.07, 6.45) is 4.96. The molecular formula is C15H14N6O. The van der Waals surface area contributed by atoms with E-state index in [-0.39, 0.29) is 6.04 Å². The zero-order valence-corrected chi connectivity index (χ0v) is 11.8. The lowest BCUT2D eigenvalue weighted by Gasteiger charge is -2.40. The first-order chi connectivity index (χ1) is 10.7. The highest BCUT2D eigenvalue weighted by Gasteiger charge is 2.31. The Bertz CT molecular complexity index is 847. The first kappa shape index (κ1) is 12.8. The molecule has 1 amide bonds. The molecule has 0 saturated carbocycles. The van der Waals surface area contributed by atoms with Crippen molar-refractivity contribution in [3.63, 3.8) is 0 Å². The Morgan fingerprint density at radius 1 is 1.23 bits per heavy atom. The lowest BCUT2D eigenvalue weighted by atomic mass is 10.1. The third-order valence-corrected chi connectivity index (χ3v) is 3.97. The molecule has 3 heterocycles. The van der Waals surface area contributed by atoms with Gasteiger partial charge in [-0.1, -0.05) is 24.3 Å². The molecule has 2 N–H and O–H groups in total. The average molecular weight is 294 g/mol. The minimum atomic E-state index is -0.456. The molecule has 22 heavy (non-hydrogen) atoms. The summed E-state index contributed by atoms with van der Waals surface area (Å²) in [6.45, 7) is 1.56. The van der Waals surface area contributed by atoms with E-state index >= 15 is 0 Å². The van der Waals surface area contributed by atoms with Gasteiger partial charge in [-0.3, -0.25) is 9.48 Å². The van der Waals surface area contributed by atoms with E-state index in [1.54, 1.807) is 17.1 Å². The predicted octanol–water partition coefficient (Wildman–Crippen LogP) is 0.986. The normalized spacial score (nSPS) is 15.0. The van der Waals surface area contributed by atoms with Gasteiger partial charge in [-0.05, 0) is 0 Å². The van der Waals surface area contributed by atoms with E-state index in [0.29, 0.717) is 5.56 Å². The second kappa shape index (κ2) is 4.80. The topological polar surface area (TPSA) is 89.9 Å². The SMILES string of the molecule is NC(=O)c1cnn(C2CN(c3nncc4ccccc34)C2)c1. The number of amides is 1. The summed E-state index contributed by atoms with van der Waals surface area (Å²) in [5.74, 6) is 0.430. The van der Waals surface area contributed by atoms with Crippen LogP contribution >= 0.6 is 0 Å². The van der Waals surface area contributed by atoms with E-state index in [2.05, 4.69) is 20.2 Å². The van der Waals surface area contributed by atoms with Crippen molar-refractivity contribution in [2.45, 2.75) is 6.04 Å². The number of nitrogens with zero attached hydrogens (tertiary/aromatic N) is 5. The molecular weight excluding hydrogens is 280 g/mol. The maximum Gasteiger partial charge on any atom is 0.251 e. The number of fused-ring (bicyclic) bond motifs is 1. The van der Waals surface area contributed by atoms with Crippen LogP contribution in [-0.4, -0.2) is 39.0 Å². The van der Waals surface area contributed by atoms with E-state index in [4.69, 9.17) is 5.73 Å². The van der Waals surface area contributed by atoms with Crippen molar-refractivity contribution in [3.8, 4) is 0 Å². The second-order valence-corrected chi connectivity index (χ2v) is 5.39. The van der Waals surface area contributed by atoms with Gasteiger partial charge >= 0.3 is 0 Å². The van der Waals surface area contributed by atoms with Gasteiger partial charge in [0.1, 0.15) is 0 Å². The highest BCUT2D eigenvalue weighted by molar-refractivity contribution is 5.92. The van der Waals surface area contributed by atoms with Crippen molar-refractivity contribution < 1.29 is 4.79 Å². The molecule has 3 aromatic rings. The molecule has 0 aliphatic carbocycles. The van der Waals surface area contributed by atoms with Crippen LogP contribution in [0.5, 0.6) is 0 Å². The Hall–Kier alpha value is -2.96. The maximum absolute atomic E-state index is 11.1. The molecule has 0 radical (unpaired) electrons. The summed E-state index contributed by atoms with van der Waals surface area (Å²) in [4.78, 5) is 13.3. The monoisotopic (exact) mass is 294 g/mol. The summed E-state index contributed by atoms with van der Waals surface area (Å²) < 4.78 is 1.79. The van der Waals surface area contributed by atoms with Gasteiger partial charge in [0.05, 0.1) is 24.0 Å². The van der Waals surface area contributed by atoms with E-state index in [0.717, 1.165) is 29.7 Å². The van der Waals surface area contributed by atoms with E-state index in [1.807, 2.05) is 24.3 Å². The Morgan fingerprint density at radius 2 is 2.05 bits per heavy atom. The van der Waals surface area contributed by atoms with Gasteiger partial charge in [-0.15, -0.1) is 5.10 Å². The van der Waals surface area contributed by atoms with Crippen molar-refractivity contribution >= 4 is 22.5 Å². The zero-order chi connectivity index (χ0) is 15.1. The summed E-state index contributed by atoms with van der Waals surface area (Å²) >= 11 is 0. The molecule has 1 fully saturated rings. The Balaban J connectivity index is 1.56. The van der Waals surface area contributed by atoms with Crippen molar-refractivity contribution in [2.24, 2.45) is 5.73 Å². The second-order valence-electron chi connectivity index (χ2n) is 5.39. The quantitative estimate of drug-likeness (QED) is 0.778.